The van der Waals surface area contributed by atoms with Crippen molar-refractivity contribution in [3.8, 4) is 11.8 Å². The van der Waals surface area contributed by atoms with Crippen molar-refractivity contribution in [3.05, 3.63) is 28.8 Å². The molecule has 0 aromatic heterocycles. The van der Waals surface area contributed by atoms with Gasteiger partial charge in [0, 0.05) is 22.2 Å². The van der Waals surface area contributed by atoms with E-state index in [1.54, 1.807) is 0 Å². The highest BCUT2D eigenvalue weighted by molar-refractivity contribution is 6.30. The highest BCUT2D eigenvalue weighted by Crippen LogP contribution is 2.48. The molecule has 0 spiro atoms. The molecule has 0 amide bonds. The molecule has 2 aliphatic rings. The fraction of sp³-hybridized carbons (Fsp3) is 0.429. The van der Waals surface area contributed by atoms with Gasteiger partial charge in [0.2, 0.25) is 6.41 Å². The zero-order valence-corrected chi connectivity index (χ0v) is 11.4. The normalized spacial score (nSPS) is 28.1. The van der Waals surface area contributed by atoms with E-state index in [1.807, 2.05) is 0 Å². The second-order valence-electron chi connectivity index (χ2n) is 5.03. The summed E-state index contributed by atoms with van der Waals surface area (Å²) in [6.07, 6.45) is -5.04. The first-order valence-corrected chi connectivity index (χ1v) is 6.71. The highest BCUT2D eigenvalue weighted by Gasteiger charge is 2.60. The minimum Gasteiger partial charge on any atom is -0.351 e. The van der Waals surface area contributed by atoms with Gasteiger partial charge in [-0.2, -0.15) is 13.2 Å². The van der Waals surface area contributed by atoms with Crippen molar-refractivity contribution in [2.24, 2.45) is 5.92 Å². The Kier molecular flexibility index (Phi) is 3.32. The minimum absolute atomic E-state index is 0.0394. The second-order valence-corrected chi connectivity index (χ2v) is 5.46. The van der Waals surface area contributed by atoms with E-state index in [9.17, 15) is 18.3 Å². The van der Waals surface area contributed by atoms with Crippen molar-refractivity contribution >= 4 is 17.3 Å². The van der Waals surface area contributed by atoms with Crippen molar-refractivity contribution in [1.29, 1.82) is 0 Å². The van der Waals surface area contributed by atoms with Gasteiger partial charge in [-0.15, -0.1) is 0 Å². The predicted molar refractivity (Wildman–Crippen MR) is 70.4 cm³/mol. The quantitative estimate of drug-likeness (QED) is 0.722. The van der Waals surface area contributed by atoms with Gasteiger partial charge in [0.05, 0.1) is 0 Å². The molecule has 1 saturated carbocycles. The zero-order valence-electron chi connectivity index (χ0n) is 10.7. The standard InChI is InChI=1S/C14H11ClF3NO2/c15-9-3-4-11-10(7-9)13(14(16,17)18,21-12(20)19-11)6-5-8-1-2-8/h3-4,7-8,12,19-20H,1-2H2/t12-,13+/m1/s1. The van der Waals surface area contributed by atoms with Crippen LogP contribution in [0.1, 0.15) is 18.4 Å². The third kappa shape index (κ3) is 2.57. The summed E-state index contributed by atoms with van der Waals surface area (Å²) >= 11 is 5.80. The first-order chi connectivity index (χ1) is 9.82. The first kappa shape index (κ1) is 14.5. The van der Waals surface area contributed by atoms with Gasteiger partial charge in [0.25, 0.3) is 5.60 Å². The van der Waals surface area contributed by atoms with Crippen LogP contribution in [0.15, 0.2) is 18.2 Å². The molecule has 0 saturated heterocycles. The van der Waals surface area contributed by atoms with Gasteiger partial charge in [0.15, 0.2) is 0 Å². The number of ether oxygens (including phenoxy) is 1. The number of rotatable bonds is 0. The maximum atomic E-state index is 13.6. The first-order valence-electron chi connectivity index (χ1n) is 6.34. The lowest BCUT2D eigenvalue weighted by Crippen LogP contribution is -2.51. The van der Waals surface area contributed by atoms with Crippen LogP contribution in [0.3, 0.4) is 0 Å². The highest BCUT2D eigenvalue weighted by atomic mass is 35.5. The molecule has 0 unspecified atom stereocenters. The fourth-order valence-corrected chi connectivity index (χ4v) is 2.32. The summed E-state index contributed by atoms with van der Waals surface area (Å²) in [5.74, 6) is 4.73. The van der Waals surface area contributed by atoms with Crippen LogP contribution < -0.4 is 5.32 Å². The maximum Gasteiger partial charge on any atom is 0.433 e. The smallest absolute Gasteiger partial charge is 0.351 e. The minimum atomic E-state index is -4.81. The van der Waals surface area contributed by atoms with E-state index in [2.05, 4.69) is 17.2 Å². The summed E-state index contributed by atoms with van der Waals surface area (Å²) in [5, 5.41) is 12.1. The van der Waals surface area contributed by atoms with E-state index >= 15 is 0 Å². The maximum absolute atomic E-state index is 13.6. The SMILES string of the molecule is O[C@H]1Nc2ccc(Cl)cc2[C@@](C#CC2CC2)(C(F)(F)F)O1. The van der Waals surface area contributed by atoms with E-state index < -0.39 is 18.2 Å². The molecule has 1 aliphatic carbocycles. The predicted octanol–water partition coefficient (Wildman–Crippen LogP) is 3.23. The average Bonchev–Trinajstić information content (AvgIpc) is 3.19. The summed E-state index contributed by atoms with van der Waals surface area (Å²) < 4.78 is 45.7. The lowest BCUT2D eigenvalue weighted by Gasteiger charge is -2.39. The average molecular weight is 318 g/mol. The Hall–Kier alpha value is -1.42. The number of fused-ring (bicyclic) bond motifs is 1. The molecule has 1 fully saturated rings. The molecule has 2 N–H and O–H groups in total. The molecule has 3 rings (SSSR count). The van der Waals surface area contributed by atoms with E-state index in [0.717, 1.165) is 18.9 Å². The lowest BCUT2D eigenvalue weighted by atomic mass is 9.90. The van der Waals surface area contributed by atoms with E-state index in [1.165, 1.54) is 12.1 Å². The van der Waals surface area contributed by atoms with Crippen LogP contribution in [0.2, 0.25) is 5.02 Å². The van der Waals surface area contributed by atoms with Gasteiger partial charge in [-0.1, -0.05) is 23.4 Å². The number of benzene rings is 1. The van der Waals surface area contributed by atoms with Crippen LogP contribution in [0.4, 0.5) is 18.9 Å². The molecule has 1 aromatic rings. The number of alkyl halides is 3. The van der Waals surface area contributed by atoms with Crippen LogP contribution in [-0.2, 0) is 10.3 Å². The van der Waals surface area contributed by atoms with Crippen molar-refractivity contribution in [2.75, 3.05) is 5.32 Å². The second kappa shape index (κ2) is 4.80. The monoisotopic (exact) mass is 317 g/mol. The summed E-state index contributed by atoms with van der Waals surface area (Å²) in [5.41, 5.74) is -3.01. The summed E-state index contributed by atoms with van der Waals surface area (Å²) in [7, 11) is 0. The van der Waals surface area contributed by atoms with Gasteiger partial charge in [-0.05, 0) is 31.0 Å². The molecule has 1 aliphatic heterocycles. The topological polar surface area (TPSA) is 41.5 Å². The van der Waals surface area contributed by atoms with Crippen LogP contribution in [0, 0.1) is 17.8 Å². The molecule has 2 atom stereocenters. The number of halogens is 4. The Morgan fingerprint density at radius 2 is 2.10 bits per heavy atom. The van der Waals surface area contributed by atoms with Gasteiger partial charge in [-0.25, -0.2) is 0 Å². The Bertz CT molecular complexity index is 633. The third-order valence-electron chi connectivity index (χ3n) is 3.36. The van der Waals surface area contributed by atoms with Crippen molar-refractivity contribution in [2.45, 2.75) is 31.0 Å². The lowest BCUT2D eigenvalue weighted by molar-refractivity contribution is -0.298. The summed E-state index contributed by atoms with van der Waals surface area (Å²) in [6, 6.07) is 3.95. The van der Waals surface area contributed by atoms with Crippen molar-refractivity contribution in [1.82, 2.24) is 0 Å². The number of aliphatic hydroxyl groups excluding tert-OH is 1. The largest absolute Gasteiger partial charge is 0.433 e. The number of nitrogens with one attached hydrogen (secondary N) is 1. The Balaban J connectivity index is 2.19. The van der Waals surface area contributed by atoms with Crippen LogP contribution in [0.5, 0.6) is 0 Å². The molecule has 0 radical (unpaired) electrons. The number of anilines is 1. The van der Waals surface area contributed by atoms with E-state index in [4.69, 9.17) is 16.3 Å². The fourth-order valence-electron chi connectivity index (χ4n) is 2.15. The third-order valence-corrected chi connectivity index (χ3v) is 3.59. The van der Waals surface area contributed by atoms with Gasteiger partial charge >= 0.3 is 6.18 Å². The zero-order chi connectivity index (χ0) is 15.3. The van der Waals surface area contributed by atoms with Gasteiger partial charge in [-0.3, -0.25) is 0 Å². The molecule has 1 aromatic carbocycles. The van der Waals surface area contributed by atoms with Crippen LogP contribution in [-0.4, -0.2) is 17.7 Å². The molecule has 7 heteroatoms. The van der Waals surface area contributed by atoms with Crippen molar-refractivity contribution < 1.29 is 23.0 Å². The molecule has 0 bridgehead atoms. The molecule has 1 heterocycles. The van der Waals surface area contributed by atoms with Crippen LogP contribution in [0.25, 0.3) is 0 Å². The van der Waals surface area contributed by atoms with E-state index in [-0.39, 0.29) is 22.2 Å². The van der Waals surface area contributed by atoms with E-state index in [0.29, 0.717) is 0 Å². The molecule has 3 nitrogen and oxygen atoms in total. The van der Waals surface area contributed by atoms with Gasteiger partial charge in [0.1, 0.15) is 0 Å². The van der Waals surface area contributed by atoms with Gasteiger partial charge < -0.3 is 15.2 Å². The Morgan fingerprint density at radius 3 is 2.71 bits per heavy atom. The molecular formula is C14H11ClF3NO2. The molecule has 112 valence electrons. The Labute approximate surface area is 124 Å². The molecular weight excluding hydrogens is 307 g/mol. The van der Waals surface area contributed by atoms with Crippen molar-refractivity contribution in [3.63, 3.8) is 0 Å². The number of hydrogen-bond acceptors (Lipinski definition) is 3. The van der Waals surface area contributed by atoms with Crippen LogP contribution >= 0.6 is 11.6 Å². The number of aliphatic hydroxyl groups is 1. The molecule has 21 heavy (non-hydrogen) atoms. The summed E-state index contributed by atoms with van der Waals surface area (Å²) in [6.45, 7) is 0. The number of hydrogen-bond donors (Lipinski definition) is 2. The Morgan fingerprint density at radius 1 is 1.38 bits per heavy atom. The summed E-state index contributed by atoms with van der Waals surface area (Å²) in [4.78, 5) is 0.